The van der Waals surface area contributed by atoms with Gasteiger partial charge in [-0.05, 0) is 43.5 Å². The van der Waals surface area contributed by atoms with E-state index in [-0.39, 0.29) is 40.7 Å². The van der Waals surface area contributed by atoms with E-state index < -0.39 is 21.7 Å². The number of anilines is 1. The number of dihydropyridines is 1. The molecule has 0 saturated heterocycles. The summed E-state index contributed by atoms with van der Waals surface area (Å²) in [6.07, 6.45) is 1.44. The Hall–Kier alpha value is -5.07. The van der Waals surface area contributed by atoms with Crippen LogP contribution in [0.2, 0.25) is 0 Å². The van der Waals surface area contributed by atoms with Crippen LogP contribution in [-0.4, -0.2) is 40.6 Å². The van der Waals surface area contributed by atoms with Gasteiger partial charge in [-0.2, -0.15) is 5.10 Å². The molecule has 0 fully saturated rings. The van der Waals surface area contributed by atoms with E-state index in [1.165, 1.54) is 31.2 Å². The Morgan fingerprint density at radius 1 is 1.07 bits per heavy atom. The number of amides is 1. The monoisotopic (exact) mass is 548 g/mol. The van der Waals surface area contributed by atoms with E-state index in [1.807, 2.05) is 24.3 Å². The minimum Gasteiger partial charge on any atom is -0.462 e. The van der Waals surface area contributed by atoms with Gasteiger partial charge < -0.3 is 15.4 Å². The molecule has 1 atom stereocenters. The van der Waals surface area contributed by atoms with Gasteiger partial charge >= 0.3 is 5.97 Å². The van der Waals surface area contributed by atoms with Crippen molar-refractivity contribution in [2.45, 2.75) is 39.0 Å². The second-order valence-electron chi connectivity index (χ2n) is 9.30. The molecule has 0 saturated carbocycles. The Morgan fingerprint density at radius 2 is 1.82 bits per heavy atom. The predicted molar refractivity (Wildman–Crippen MR) is 146 cm³/mol. The van der Waals surface area contributed by atoms with E-state index in [4.69, 9.17) is 4.74 Å². The largest absolute Gasteiger partial charge is 0.462 e. The molecule has 40 heavy (non-hydrogen) atoms. The van der Waals surface area contributed by atoms with Crippen LogP contribution in [0.4, 0.5) is 11.4 Å². The number of hydrogen-bond donors (Lipinski definition) is 3. The van der Waals surface area contributed by atoms with Crippen LogP contribution in [-0.2, 0) is 14.3 Å². The molecule has 1 unspecified atom stereocenters. The Balaban J connectivity index is 1.38. The van der Waals surface area contributed by atoms with Gasteiger partial charge in [0.1, 0.15) is 5.92 Å². The van der Waals surface area contributed by atoms with Crippen molar-refractivity contribution in [1.82, 2.24) is 10.7 Å². The SMILES string of the molecule is CC1=C(C(=O)OCCCNc2ccc(C3=NNC(=O)CC3)cc2)C(c2cccc([N+](=O)[O-])c2)C([N+](=O)[O-])=C(C)N1. The number of rotatable bonds is 10. The summed E-state index contributed by atoms with van der Waals surface area (Å²) < 4.78 is 5.48. The maximum atomic E-state index is 13.2. The van der Waals surface area contributed by atoms with E-state index in [1.54, 1.807) is 6.92 Å². The highest BCUT2D eigenvalue weighted by Crippen LogP contribution is 2.39. The third kappa shape index (κ3) is 6.31. The van der Waals surface area contributed by atoms with Crippen LogP contribution in [0.3, 0.4) is 0 Å². The van der Waals surface area contributed by atoms with Crippen molar-refractivity contribution in [1.29, 1.82) is 0 Å². The second kappa shape index (κ2) is 12.2. The average Bonchev–Trinajstić information content (AvgIpc) is 2.93. The van der Waals surface area contributed by atoms with Crippen LogP contribution in [0, 0.1) is 20.2 Å². The molecule has 13 nitrogen and oxygen atoms in total. The number of ether oxygens (including phenoxy) is 1. The molecule has 0 radical (unpaired) electrons. The summed E-state index contributed by atoms with van der Waals surface area (Å²) in [4.78, 5) is 46.5. The highest BCUT2D eigenvalue weighted by Gasteiger charge is 2.41. The fourth-order valence-corrected chi connectivity index (χ4v) is 4.65. The lowest BCUT2D eigenvalue weighted by Crippen LogP contribution is -2.31. The van der Waals surface area contributed by atoms with Crippen LogP contribution in [0.25, 0.3) is 0 Å². The van der Waals surface area contributed by atoms with Gasteiger partial charge in [0, 0.05) is 42.9 Å². The van der Waals surface area contributed by atoms with Gasteiger partial charge in [0.05, 0.1) is 33.4 Å². The first-order valence-corrected chi connectivity index (χ1v) is 12.6. The lowest BCUT2D eigenvalue weighted by molar-refractivity contribution is -0.431. The summed E-state index contributed by atoms with van der Waals surface area (Å²) in [5, 5.41) is 33.5. The molecule has 2 aromatic carbocycles. The zero-order chi connectivity index (χ0) is 28.8. The second-order valence-corrected chi connectivity index (χ2v) is 9.30. The van der Waals surface area contributed by atoms with Crippen LogP contribution < -0.4 is 16.1 Å². The number of nitrogens with zero attached hydrogens (tertiary/aromatic N) is 3. The quantitative estimate of drug-likeness (QED) is 0.173. The van der Waals surface area contributed by atoms with Gasteiger partial charge in [-0.3, -0.25) is 25.0 Å². The molecule has 0 aliphatic carbocycles. The molecule has 2 aliphatic heterocycles. The number of allylic oxidation sites excluding steroid dienone is 3. The van der Waals surface area contributed by atoms with Crippen molar-refractivity contribution in [3.63, 3.8) is 0 Å². The maximum absolute atomic E-state index is 13.2. The van der Waals surface area contributed by atoms with Crippen molar-refractivity contribution in [2.75, 3.05) is 18.5 Å². The molecule has 13 heteroatoms. The van der Waals surface area contributed by atoms with Crippen LogP contribution in [0.1, 0.15) is 50.2 Å². The summed E-state index contributed by atoms with van der Waals surface area (Å²) in [7, 11) is 0. The molecule has 0 aromatic heterocycles. The first-order chi connectivity index (χ1) is 19.2. The number of nitro groups is 2. The van der Waals surface area contributed by atoms with Crippen LogP contribution in [0.15, 0.2) is 76.3 Å². The van der Waals surface area contributed by atoms with Crippen LogP contribution in [0.5, 0.6) is 0 Å². The minimum atomic E-state index is -1.14. The van der Waals surface area contributed by atoms with Crippen molar-refractivity contribution in [3.05, 3.63) is 103 Å². The van der Waals surface area contributed by atoms with Gasteiger partial charge in [0.25, 0.3) is 11.4 Å². The number of nitrogens with one attached hydrogen (secondary N) is 3. The number of carbonyl (C=O) groups excluding carboxylic acids is 2. The number of benzene rings is 2. The predicted octanol–water partition coefficient (Wildman–Crippen LogP) is 3.72. The molecule has 1 amide bonds. The van der Waals surface area contributed by atoms with Crippen LogP contribution >= 0.6 is 0 Å². The number of non-ortho nitro benzene ring substituents is 1. The van der Waals surface area contributed by atoms with Gasteiger partial charge in [-0.1, -0.05) is 24.3 Å². The molecule has 0 spiro atoms. The summed E-state index contributed by atoms with van der Waals surface area (Å²) in [6.45, 7) is 3.68. The Bertz CT molecular complexity index is 1450. The van der Waals surface area contributed by atoms with Gasteiger partial charge in [-0.15, -0.1) is 0 Å². The van der Waals surface area contributed by atoms with E-state index in [2.05, 4.69) is 21.2 Å². The number of esters is 1. The van der Waals surface area contributed by atoms with Gasteiger partial charge in [-0.25, -0.2) is 10.2 Å². The number of carbonyl (C=O) groups is 2. The molecule has 4 rings (SSSR count). The van der Waals surface area contributed by atoms with Gasteiger partial charge in [0.2, 0.25) is 5.91 Å². The molecule has 2 aromatic rings. The van der Waals surface area contributed by atoms with Gasteiger partial charge in [0.15, 0.2) is 0 Å². The Labute approximate surface area is 229 Å². The molecule has 2 aliphatic rings. The molecule has 3 N–H and O–H groups in total. The highest BCUT2D eigenvalue weighted by atomic mass is 16.6. The van der Waals surface area contributed by atoms with Crippen molar-refractivity contribution < 1.29 is 24.2 Å². The summed E-state index contributed by atoms with van der Waals surface area (Å²) in [5.41, 5.74) is 5.46. The number of hydrazone groups is 1. The zero-order valence-electron chi connectivity index (χ0n) is 21.9. The Morgan fingerprint density at radius 3 is 2.48 bits per heavy atom. The summed E-state index contributed by atoms with van der Waals surface area (Å²) >= 11 is 0. The zero-order valence-corrected chi connectivity index (χ0v) is 21.9. The van der Waals surface area contributed by atoms with Crippen molar-refractivity contribution >= 4 is 29.0 Å². The lowest BCUT2D eigenvalue weighted by atomic mass is 9.84. The van der Waals surface area contributed by atoms with E-state index in [9.17, 15) is 29.8 Å². The van der Waals surface area contributed by atoms with E-state index >= 15 is 0 Å². The summed E-state index contributed by atoms with van der Waals surface area (Å²) in [6, 6.07) is 13.1. The molecule has 0 bridgehead atoms. The molecular formula is C27H28N6O7. The summed E-state index contributed by atoms with van der Waals surface area (Å²) in [5.74, 6) is -1.97. The minimum absolute atomic E-state index is 0.0307. The molecule has 208 valence electrons. The topological polar surface area (TPSA) is 178 Å². The smallest absolute Gasteiger partial charge is 0.336 e. The number of nitro benzene ring substituents is 1. The first-order valence-electron chi connectivity index (χ1n) is 12.6. The Kier molecular flexibility index (Phi) is 8.52. The third-order valence-corrected chi connectivity index (χ3v) is 6.56. The van der Waals surface area contributed by atoms with Crippen molar-refractivity contribution in [2.24, 2.45) is 5.10 Å². The lowest BCUT2D eigenvalue weighted by Gasteiger charge is -2.26. The van der Waals surface area contributed by atoms with E-state index in [0.29, 0.717) is 31.5 Å². The standard InChI is InChI=1S/C27H28N6O7/c1-16-24(25(26(33(38)39)17(2)29-16)19-5-3-6-21(15-19)32(36)37)27(35)40-14-4-13-28-20-9-7-18(8-10-20)22-11-12-23(34)31-30-22/h3,5-10,15,25,28-29H,4,11-14H2,1-2H3,(H,31,34). The fraction of sp³-hybridized carbons (Fsp3) is 0.296. The van der Waals surface area contributed by atoms with E-state index in [0.717, 1.165) is 17.0 Å². The highest BCUT2D eigenvalue weighted by molar-refractivity contribution is 6.04. The number of hydrogen-bond acceptors (Lipinski definition) is 10. The fourth-order valence-electron chi connectivity index (χ4n) is 4.65. The molecular weight excluding hydrogens is 520 g/mol. The normalized spacial score (nSPS) is 17.0. The average molecular weight is 549 g/mol. The maximum Gasteiger partial charge on any atom is 0.336 e. The third-order valence-electron chi connectivity index (χ3n) is 6.56. The van der Waals surface area contributed by atoms with Crippen molar-refractivity contribution in [3.8, 4) is 0 Å². The first kappa shape index (κ1) is 28.0. The molecule has 2 heterocycles.